The molecule has 8 heteroatoms. The maximum Gasteiger partial charge on any atom is 0.288 e. The van der Waals surface area contributed by atoms with Crippen LogP contribution in [-0.4, -0.2) is 28.8 Å². The van der Waals surface area contributed by atoms with Gasteiger partial charge in [-0.05, 0) is 42.0 Å². The van der Waals surface area contributed by atoms with E-state index in [4.69, 9.17) is 4.74 Å². The summed E-state index contributed by atoms with van der Waals surface area (Å²) in [6, 6.07) is 24.7. The number of carbonyl (C=O) groups excluding carboxylic acids is 3. The first-order valence-corrected chi connectivity index (χ1v) is 10.7. The quantitative estimate of drug-likeness (QED) is 0.412. The van der Waals surface area contributed by atoms with Crippen LogP contribution in [0.25, 0.3) is 10.9 Å². The summed E-state index contributed by atoms with van der Waals surface area (Å²) in [5.74, 6) is -0.673. The summed E-state index contributed by atoms with van der Waals surface area (Å²) in [6.07, 6.45) is -0.152. The molecule has 8 nitrogen and oxygen atoms in total. The number of nitrogens with zero attached hydrogens (tertiary/aromatic N) is 1. The van der Waals surface area contributed by atoms with E-state index in [2.05, 4.69) is 21.2 Å². The van der Waals surface area contributed by atoms with Gasteiger partial charge < -0.3 is 10.1 Å². The molecule has 0 aliphatic carbocycles. The maximum atomic E-state index is 12.6. The number of hydrogen-bond donors (Lipinski definition) is 3. The lowest BCUT2D eigenvalue weighted by atomic mass is 10.1. The number of carbonyl (C=O) groups is 3. The summed E-state index contributed by atoms with van der Waals surface area (Å²) < 4.78 is 5.71. The molecule has 0 fully saturated rings. The fraction of sp³-hybridized carbons (Fsp3) is 0.0769. The predicted octanol–water partition coefficient (Wildman–Crippen LogP) is 3.25. The van der Waals surface area contributed by atoms with Gasteiger partial charge in [0, 0.05) is 23.1 Å². The number of aromatic nitrogens is 1. The average molecular weight is 452 g/mol. The Hall–Kier alpha value is -4.72. The number of hydrazine groups is 1. The number of ether oxygens (including phenoxy) is 1. The molecule has 1 aliphatic heterocycles. The van der Waals surface area contributed by atoms with Crippen molar-refractivity contribution in [2.24, 2.45) is 0 Å². The third-order valence-corrected chi connectivity index (χ3v) is 5.45. The third-order valence-electron chi connectivity index (χ3n) is 5.45. The first-order valence-electron chi connectivity index (χ1n) is 10.7. The molecule has 2 heterocycles. The molecule has 0 saturated heterocycles. The van der Waals surface area contributed by atoms with Crippen molar-refractivity contribution >= 4 is 34.3 Å². The standard InChI is InChI=1S/C26H20N4O4/c31-24(29-30-25(32)21-13-12-16-6-1-3-10-20(16)28-21)18-8-5-9-19(14-18)27-26(33)23-15-17-7-2-4-11-22(17)34-23/h1-14,23H,15H2,(H,27,33)(H,29,31)(H,30,32). The molecule has 34 heavy (non-hydrogen) atoms. The van der Waals surface area contributed by atoms with Crippen molar-refractivity contribution in [2.75, 3.05) is 5.32 Å². The molecule has 3 N–H and O–H groups in total. The van der Waals surface area contributed by atoms with Crippen molar-refractivity contribution in [1.29, 1.82) is 0 Å². The Morgan fingerprint density at radius 2 is 1.62 bits per heavy atom. The first-order chi connectivity index (χ1) is 16.6. The predicted molar refractivity (Wildman–Crippen MR) is 126 cm³/mol. The van der Waals surface area contributed by atoms with Crippen LogP contribution in [0.4, 0.5) is 5.69 Å². The highest BCUT2D eigenvalue weighted by molar-refractivity contribution is 6.01. The van der Waals surface area contributed by atoms with Crippen LogP contribution in [-0.2, 0) is 11.2 Å². The average Bonchev–Trinajstić information content (AvgIpc) is 3.31. The number of para-hydroxylation sites is 2. The van der Waals surface area contributed by atoms with E-state index in [1.54, 1.807) is 36.4 Å². The molecular weight excluding hydrogens is 432 g/mol. The van der Waals surface area contributed by atoms with E-state index in [1.807, 2.05) is 42.5 Å². The van der Waals surface area contributed by atoms with Gasteiger partial charge in [0.15, 0.2) is 6.10 Å². The fourth-order valence-corrected chi connectivity index (χ4v) is 3.73. The number of benzene rings is 3. The minimum atomic E-state index is -0.636. The van der Waals surface area contributed by atoms with Crippen LogP contribution in [0.1, 0.15) is 26.4 Å². The van der Waals surface area contributed by atoms with Crippen molar-refractivity contribution in [1.82, 2.24) is 15.8 Å². The van der Waals surface area contributed by atoms with Gasteiger partial charge in [0.25, 0.3) is 17.7 Å². The SMILES string of the molecule is O=C(NNC(=O)c1ccc2ccccc2n1)c1cccc(NC(=O)C2Cc3ccccc3O2)c1. The number of anilines is 1. The molecule has 1 aliphatic rings. The molecule has 1 unspecified atom stereocenters. The molecule has 0 spiro atoms. The number of rotatable bonds is 4. The Morgan fingerprint density at radius 1 is 0.824 bits per heavy atom. The van der Waals surface area contributed by atoms with E-state index in [0.717, 1.165) is 10.9 Å². The van der Waals surface area contributed by atoms with Crippen LogP contribution < -0.4 is 20.9 Å². The zero-order chi connectivity index (χ0) is 23.5. The van der Waals surface area contributed by atoms with Gasteiger partial charge in [-0.15, -0.1) is 0 Å². The second-order valence-corrected chi connectivity index (χ2v) is 7.79. The smallest absolute Gasteiger partial charge is 0.288 e. The lowest BCUT2D eigenvalue weighted by Gasteiger charge is -2.12. The molecule has 168 valence electrons. The zero-order valence-corrected chi connectivity index (χ0v) is 17.9. The van der Waals surface area contributed by atoms with Crippen LogP contribution in [0, 0.1) is 0 Å². The highest BCUT2D eigenvalue weighted by Gasteiger charge is 2.28. The number of pyridine rings is 1. The van der Waals surface area contributed by atoms with E-state index < -0.39 is 17.9 Å². The van der Waals surface area contributed by atoms with Gasteiger partial charge in [-0.25, -0.2) is 4.98 Å². The third kappa shape index (κ3) is 4.42. The highest BCUT2D eigenvalue weighted by Crippen LogP contribution is 2.28. The monoisotopic (exact) mass is 452 g/mol. The molecule has 4 aromatic rings. The lowest BCUT2D eigenvalue weighted by molar-refractivity contribution is -0.122. The number of amides is 3. The highest BCUT2D eigenvalue weighted by atomic mass is 16.5. The summed E-state index contributed by atoms with van der Waals surface area (Å²) in [4.78, 5) is 41.9. The summed E-state index contributed by atoms with van der Waals surface area (Å²) in [5.41, 5.74) is 7.29. The van der Waals surface area contributed by atoms with Gasteiger partial charge >= 0.3 is 0 Å². The van der Waals surface area contributed by atoms with Gasteiger partial charge in [-0.3, -0.25) is 25.2 Å². The Morgan fingerprint density at radius 3 is 2.50 bits per heavy atom. The summed E-state index contributed by atoms with van der Waals surface area (Å²) in [5, 5.41) is 3.69. The molecule has 0 bridgehead atoms. The molecule has 0 radical (unpaired) electrons. The van der Waals surface area contributed by atoms with Gasteiger partial charge in [-0.2, -0.15) is 0 Å². The second-order valence-electron chi connectivity index (χ2n) is 7.79. The number of hydrogen-bond acceptors (Lipinski definition) is 5. The molecule has 5 rings (SSSR count). The van der Waals surface area contributed by atoms with E-state index in [1.165, 1.54) is 6.07 Å². The largest absolute Gasteiger partial charge is 0.480 e. The summed E-state index contributed by atoms with van der Waals surface area (Å²) >= 11 is 0. The zero-order valence-electron chi connectivity index (χ0n) is 17.9. The summed E-state index contributed by atoms with van der Waals surface area (Å²) in [7, 11) is 0. The van der Waals surface area contributed by atoms with Crippen molar-refractivity contribution in [3.8, 4) is 5.75 Å². The van der Waals surface area contributed by atoms with Crippen molar-refractivity contribution in [3.63, 3.8) is 0 Å². The van der Waals surface area contributed by atoms with E-state index in [9.17, 15) is 14.4 Å². The van der Waals surface area contributed by atoms with E-state index >= 15 is 0 Å². The van der Waals surface area contributed by atoms with Gasteiger partial charge in [0.05, 0.1) is 5.52 Å². The van der Waals surface area contributed by atoms with Crippen LogP contribution in [0.3, 0.4) is 0 Å². The first kappa shape index (κ1) is 21.1. The Labute approximate surface area is 194 Å². The molecule has 3 aromatic carbocycles. The van der Waals surface area contributed by atoms with Crippen LogP contribution >= 0.6 is 0 Å². The topological polar surface area (TPSA) is 109 Å². The minimum absolute atomic E-state index is 0.178. The summed E-state index contributed by atoms with van der Waals surface area (Å²) in [6.45, 7) is 0. The van der Waals surface area contributed by atoms with Gasteiger partial charge in [0.1, 0.15) is 11.4 Å². The molecule has 1 atom stereocenters. The van der Waals surface area contributed by atoms with E-state index in [-0.39, 0.29) is 17.2 Å². The molecule has 0 saturated carbocycles. The Balaban J connectivity index is 1.19. The lowest BCUT2D eigenvalue weighted by Crippen LogP contribution is -2.42. The minimum Gasteiger partial charge on any atom is -0.480 e. The fourth-order valence-electron chi connectivity index (χ4n) is 3.73. The molecular formula is C26H20N4O4. The Bertz CT molecular complexity index is 1390. The van der Waals surface area contributed by atoms with Crippen LogP contribution in [0.5, 0.6) is 5.75 Å². The number of fused-ring (bicyclic) bond motifs is 2. The van der Waals surface area contributed by atoms with Gasteiger partial charge in [-0.1, -0.05) is 48.5 Å². The van der Waals surface area contributed by atoms with E-state index in [0.29, 0.717) is 23.4 Å². The van der Waals surface area contributed by atoms with Crippen LogP contribution in [0.15, 0.2) is 84.9 Å². The second kappa shape index (κ2) is 9.03. The number of nitrogens with one attached hydrogen (secondary N) is 3. The Kier molecular flexibility index (Phi) is 5.61. The molecule has 3 amide bonds. The van der Waals surface area contributed by atoms with Crippen molar-refractivity contribution in [2.45, 2.75) is 12.5 Å². The maximum absolute atomic E-state index is 12.6. The van der Waals surface area contributed by atoms with Crippen LogP contribution in [0.2, 0.25) is 0 Å². The normalized spacial score (nSPS) is 14.1. The van der Waals surface area contributed by atoms with Gasteiger partial charge in [0.2, 0.25) is 0 Å². The van der Waals surface area contributed by atoms with Crippen molar-refractivity contribution in [3.05, 3.63) is 102 Å². The van der Waals surface area contributed by atoms with Crippen molar-refractivity contribution < 1.29 is 19.1 Å². The molecule has 1 aromatic heterocycles.